The van der Waals surface area contributed by atoms with E-state index in [1.54, 1.807) is 12.1 Å². The molecule has 0 radical (unpaired) electrons. The monoisotopic (exact) mass is 527 g/mol. The van der Waals surface area contributed by atoms with E-state index in [9.17, 15) is 33.6 Å². The number of hydrogen-bond donors (Lipinski definition) is 4. The molecule has 3 aliphatic carbocycles. The summed E-state index contributed by atoms with van der Waals surface area (Å²) in [6.45, 7) is 2.14. The first-order valence-electron chi connectivity index (χ1n) is 12.2. The van der Waals surface area contributed by atoms with Crippen LogP contribution in [0.4, 0.5) is 0 Å². The molecule has 0 spiro atoms. The number of aliphatic carboxylic acids is 1. The number of hydrogen-bond acceptors (Lipinski definition) is 10. The van der Waals surface area contributed by atoms with Crippen molar-refractivity contribution >= 4 is 16.4 Å². The van der Waals surface area contributed by atoms with Crippen molar-refractivity contribution in [3.63, 3.8) is 0 Å². The van der Waals surface area contributed by atoms with Crippen LogP contribution in [-0.2, 0) is 31.1 Å². The molecule has 5 rings (SSSR count). The van der Waals surface area contributed by atoms with Crippen LogP contribution in [0.15, 0.2) is 18.2 Å². The minimum absolute atomic E-state index is 0.0814. The van der Waals surface area contributed by atoms with Crippen LogP contribution in [-0.4, -0.2) is 71.1 Å². The van der Waals surface area contributed by atoms with E-state index in [2.05, 4.69) is 11.1 Å². The molecule has 36 heavy (non-hydrogen) atoms. The summed E-state index contributed by atoms with van der Waals surface area (Å²) in [5, 5.41) is 41.8. The summed E-state index contributed by atoms with van der Waals surface area (Å²) < 4.78 is 47.2. The summed E-state index contributed by atoms with van der Waals surface area (Å²) in [6.07, 6.45) is -3.86. The molecule has 1 aliphatic heterocycles. The Kier molecular flexibility index (Phi) is 6.60. The molecule has 4 aliphatic rings. The lowest BCUT2D eigenvalue weighted by atomic mass is 9.55. The van der Waals surface area contributed by atoms with Crippen molar-refractivity contribution in [1.29, 1.82) is 0 Å². The van der Waals surface area contributed by atoms with Crippen LogP contribution in [0.25, 0.3) is 0 Å². The van der Waals surface area contributed by atoms with Crippen molar-refractivity contribution in [1.82, 2.24) is 0 Å². The Morgan fingerprint density at radius 1 is 1.11 bits per heavy atom. The third-order valence-electron chi connectivity index (χ3n) is 8.91. The van der Waals surface area contributed by atoms with Crippen molar-refractivity contribution in [3.05, 3.63) is 29.3 Å². The van der Waals surface area contributed by atoms with Crippen LogP contribution in [0.3, 0.4) is 0 Å². The molecular weight excluding hydrogens is 496 g/mol. The van der Waals surface area contributed by atoms with Gasteiger partial charge in [0.15, 0.2) is 6.29 Å². The summed E-state index contributed by atoms with van der Waals surface area (Å²) in [6, 6.07) is 5.10. The summed E-state index contributed by atoms with van der Waals surface area (Å²) in [5.74, 6) is -0.668. The fraction of sp³-hybridized carbons (Fsp3) is 0.708. The van der Waals surface area contributed by atoms with E-state index in [-0.39, 0.29) is 23.2 Å². The maximum absolute atomic E-state index is 11.3. The van der Waals surface area contributed by atoms with Gasteiger partial charge in [-0.05, 0) is 85.0 Å². The Balaban J connectivity index is 1.32. The third-order valence-corrected chi connectivity index (χ3v) is 9.32. The molecule has 1 saturated heterocycles. The molecule has 0 unspecified atom stereocenters. The lowest BCUT2D eigenvalue weighted by Gasteiger charge is -2.51. The molecule has 0 bridgehead atoms. The van der Waals surface area contributed by atoms with Gasteiger partial charge in [-0.25, -0.2) is 0 Å². The molecule has 200 valence electrons. The highest BCUT2D eigenvalue weighted by Gasteiger charge is 2.57. The van der Waals surface area contributed by atoms with Crippen molar-refractivity contribution < 1.29 is 51.8 Å². The average Bonchev–Trinajstić information content (AvgIpc) is 3.13. The summed E-state index contributed by atoms with van der Waals surface area (Å²) in [5.41, 5.74) is 1.90. The fourth-order valence-corrected chi connectivity index (χ4v) is 7.57. The third kappa shape index (κ3) is 4.42. The predicted molar refractivity (Wildman–Crippen MR) is 120 cm³/mol. The van der Waals surface area contributed by atoms with Crippen molar-refractivity contribution in [2.45, 2.75) is 88.2 Å². The molecule has 3 fully saturated rings. The molecule has 0 amide bonds. The number of aryl methyl sites for hydroxylation is 1. The van der Waals surface area contributed by atoms with Gasteiger partial charge in [0.2, 0.25) is 0 Å². The number of aliphatic hydroxyl groups is 3. The minimum atomic E-state index is -4.59. The topological polar surface area (TPSA) is 183 Å². The standard InChI is InChI=1S/C24H32O11S/c1-24-9-8-14-13-5-3-12(35-36(30,31)32)10-11(13)2-4-15(14)16(24)6-7-17(24)33-23-20(27)18(25)19(26)21(34-23)22(28)29/h3,5,10,14-21,23,25-27H,2,4,6-9H2,1H3,(H,28,29)(H,30,31,32)/p-1/t14-,15-,16+,17+,18+,19+,20-,21+,23-,24+/m1/s1. The van der Waals surface area contributed by atoms with Gasteiger partial charge in [0.25, 0.3) is 0 Å². The van der Waals surface area contributed by atoms with Crippen molar-refractivity contribution in [2.75, 3.05) is 0 Å². The number of fused-ring (bicyclic) bond motifs is 5. The first-order valence-corrected chi connectivity index (χ1v) is 13.6. The maximum Gasteiger partial charge on any atom is 0.446 e. The van der Waals surface area contributed by atoms with Crippen LogP contribution in [0.2, 0.25) is 0 Å². The van der Waals surface area contributed by atoms with Crippen molar-refractivity contribution in [3.8, 4) is 5.75 Å². The van der Waals surface area contributed by atoms with E-state index in [1.807, 2.05) is 6.07 Å². The highest BCUT2D eigenvalue weighted by atomic mass is 32.3. The highest BCUT2D eigenvalue weighted by Crippen LogP contribution is 2.62. The lowest BCUT2D eigenvalue weighted by molar-refractivity contribution is -0.355. The highest BCUT2D eigenvalue weighted by molar-refractivity contribution is 7.81. The molecule has 1 aromatic rings. The molecule has 0 aromatic heterocycles. The average molecular weight is 528 g/mol. The van der Waals surface area contributed by atoms with Crippen LogP contribution < -0.4 is 9.29 Å². The van der Waals surface area contributed by atoms with Gasteiger partial charge in [0, 0.05) is 0 Å². The van der Waals surface area contributed by atoms with E-state index < -0.39 is 47.1 Å². The summed E-state index contributed by atoms with van der Waals surface area (Å²) >= 11 is 0. The number of benzene rings is 1. The van der Waals surface area contributed by atoms with Gasteiger partial charge in [-0.1, -0.05) is 13.0 Å². The molecule has 11 nitrogen and oxygen atoms in total. The zero-order chi connectivity index (χ0) is 26.0. The number of aliphatic hydroxyl groups excluding tert-OH is 3. The lowest BCUT2D eigenvalue weighted by Crippen LogP contribution is -2.63. The summed E-state index contributed by atoms with van der Waals surface area (Å²) in [4.78, 5) is 11.3. The van der Waals surface area contributed by atoms with Gasteiger partial charge >= 0.3 is 10.4 Å². The zero-order valence-electron chi connectivity index (χ0n) is 19.7. The Bertz CT molecular complexity index is 1120. The molecule has 1 aromatic carbocycles. The molecule has 4 N–H and O–H groups in total. The van der Waals surface area contributed by atoms with E-state index in [0.29, 0.717) is 18.3 Å². The Morgan fingerprint density at radius 3 is 2.56 bits per heavy atom. The van der Waals surface area contributed by atoms with Crippen LogP contribution in [0.1, 0.15) is 56.1 Å². The van der Waals surface area contributed by atoms with Crippen LogP contribution in [0.5, 0.6) is 5.75 Å². The minimum Gasteiger partial charge on any atom is -0.547 e. The quantitative estimate of drug-likeness (QED) is 0.368. The maximum atomic E-state index is 11.3. The predicted octanol–water partition coefficient (Wildman–Crippen LogP) is -0.333. The molecule has 1 heterocycles. The Morgan fingerprint density at radius 2 is 1.86 bits per heavy atom. The normalized spacial score (nSPS) is 42.2. The van der Waals surface area contributed by atoms with E-state index in [0.717, 1.165) is 43.2 Å². The fourth-order valence-electron chi connectivity index (χ4n) is 7.22. The first-order chi connectivity index (χ1) is 16.9. The van der Waals surface area contributed by atoms with Gasteiger partial charge in [0.05, 0.1) is 12.1 Å². The zero-order valence-corrected chi connectivity index (χ0v) is 20.5. The largest absolute Gasteiger partial charge is 0.547 e. The number of carbonyl (C=O) groups is 1. The van der Waals surface area contributed by atoms with Crippen molar-refractivity contribution in [2.24, 2.45) is 17.3 Å². The van der Waals surface area contributed by atoms with Gasteiger partial charge in [0.1, 0.15) is 30.2 Å². The van der Waals surface area contributed by atoms with Crippen LogP contribution >= 0.6 is 0 Å². The van der Waals surface area contributed by atoms with E-state index >= 15 is 0 Å². The van der Waals surface area contributed by atoms with Gasteiger partial charge in [-0.15, -0.1) is 0 Å². The number of carboxylic acid groups (broad SMARTS) is 1. The second-order valence-electron chi connectivity index (χ2n) is 10.7. The molecule has 2 saturated carbocycles. The van der Waals surface area contributed by atoms with E-state index in [1.165, 1.54) is 0 Å². The molecule has 12 heteroatoms. The number of carboxylic acids is 1. The first kappa shape index (κ1) is 25.8. The van der Waals surface area contributed by atoms with Gasteiger partial charge in [-0.2, -0.15) is 8.42 Å². The van der Waals surface area contributed by atoms with E-state index in [4.69, 9.17) is 14.0 Å². The van der Waals surface area contributed by atoms with Crippen LogP contribution in [0, 0.1) is 17.3 Å². The number of rotatable bonds is 5. The second kappa shape index (κ2) is 9.19. The number of carbonyl (C=O) groups excluding carboxylic acids is 1. The second-order valence-corrected chi connectivity index (χ2v) is 11.8. The Labute approximate surface area is 208 Å². The molecular formula is C24H31O11S-. The van der Waals surface area contributed by atoms with Gasteiger partial charge < -0.3 is 38.9 Å². The SMILES string of the molecule is C[C@]12CC[C@@H]3c4ccc(OS(=O)(=O)O)cc4CC[C@H]3[C@@H]1CC[C@@H]2O[C@@H]1O[C@H](C(=O)[O-])[C@@H](O)[C@H](O)[C@H]1O. The Hall–Kier alpha value is -1.80. The smallest absolute Gasteiger partial charge is 0.446 e. The number of ether oxygens (including phenoxy) is 2. The molecule has 10 atom stereocenters. The summed E-state index contributed by atoms with van der Waals surface area (Å²) in [7, 11) is -4.59. The van der Waals surface area contributed by atoms with Gasteiger partial charge in [-0.3, -0.25) is 4.55 Å².